The van der Waals surface area contributed by atoms with Crippen LogP contribution in [0.2, 0.25) is 0 Å². The van der Waals surface area contributed by atoms with E-state index in [2.05, 4.69) is 35.6 Å². The number of H-pyrrole nitrogens is 1. The van der Waals surface area contributed by atoms with Crippen LogP contribution in [0.15, 0.2) is 34.0 Å². The highest BCUT2D eigenvalue weighted by atomic mass is 31.3. The highest BCUT2D eigenvalue weighted by Gasteiger charge is 2.43. The molecule has 6 unspecified atom stereocenters. The van der Waals surface area contributed by atoms with Crippen molar-refractivity contribution in [3.05, 3.63) is 50.8 Å². The van der Waals surface area contributed by atoms with Crippen molar-refractivity contribution in [3.63, 3.8) is 0 Å². The van der Waals surface area contributed by atoms with Crippen LogP contribution >= 0.6 is 23.5 Å². The normalized spacial score (nSPS) is 24.3. The first-order chi connectivity index (χ1) is 23.9. The second kappa shape index (κ2) is 20.0. The molecule has 1 aliphatic heterocycles. The van der Waals surface area contributed by atoms with Crippen molar-refractivity contribution in [2.24, 2.45) is 0 Å². The Bertz CT molecular complexity index is 1650. The smallest absolute Gasteiger partial charge is 0.462 e. The molecule has 1 aromatic rings. The summed E-state index contributed by atoms with van der Waals surface area (Å²) < 4.78 is 63.3. The molecule has 1 aromatic heterocycles. The number of aliphatic hydroxyl groups excluding tert-OH is 1. The predicted molar refractivity (Wildman–Crippen MR) is 174 cm³/mol. The number of phosphoric acid groups is 3. The molecule has 1 saturated heterocycles. The standard InChI is InChI=1S/C27H42N3O18P3/c31-21-16-24(46-22(21)18-44-50(39,40)48-51(41,42)47-49(36,37)38)30-17-19(26(34)29-27(30)35)8-6-13-28-23(32)12-15-43-14-7-11-25(33)45-20-9-4-2-1-3-5-10-20/h1-2,6,8,17,20-22,24,31H,3-5,7,9-16,18H2,(H,28,32)(H,39,40)(H,41,42)(H,29,34,35)(H2,36,37,38)/b2-1+,8-6+. The summed E-state index contributed by atoms with van der Waals surface area (Å²) in [7, 11) is -16.8. The van der Waals surface area contributed by atoms with Gasteiger partial charge in [-0.3, -0.25) is 28.5 Å². The van der Waals surface area contributed by atoms with Crippen LogP contribution in [0.5, 0.6) is 0 Å². The Balaban J connectivity index is 1.39. The van der Waals surface area contributed by atoms with Crippen LogP contribution in [0.4, 0.5) is 0 Å². The lowest BCUT2D eigenvalue weighted by atomic mass is 10.0. The number of amides is 1. The molecule has 0 spiro atoms. The van der Waals surface area contributed by atoms with E-state index < -0.39 is 59.8 Å². The van der Waals surface area contributed by atoms with Gasteiger partial charge in [-0.1, -0.05) is 24.3 Å². The number of esters is 1. The van der Waals surface area contributed by atoms with Crippen LogP contribution in [0, 0.1) is 0 Å². The maximum absolute atomic E-state index is 12.5. The zero-order valence-electron chi connectivity index (χ0n) is 27.2. The van der Waals surface area contributed by atoms with Crippen LogP contribution < -0.4 is 16.6 Å². The number of nitrogens with zero attached hydrogens (tertiary/aromatic N) is 1. The van der Waals surface area contributed by atoms with Crippen molar-refractivity contribution >= 4 is 41.4 Å². The van der Waals surface area contributed by atoms with Gasteiger partial charge in [0, 0.05) is 38.6 Å². The second-order valence-electron chi connectivity index (χ2n) is 11.3. The Hall–Kier alpha value is -2.61. The number of allylic oxidation sites excluding steroid dienone is 2. The average Bonchev–Trinajstić information content (AvgIpc) is 3.36. The number of rotatable bonds is 19. The molecule has 288 valence electrons. The van der Waals surface area contributed by atoms with Gasteiger partial charge in [0.2, 0.25) is 5.91 Å². The molecule has 0 saturated carbocycles. The van der Waals surface area contributed by atoms with Gasteiger partial charge in [0.1, 0.15) is 18.4 Å². The largest absolute Gasteiger partial charge is 0.490 e. The lowest BCUT2D eigenvalue weighted by Gasteiger charge is -2.19. The van der Waals surface area contributed by atoms with Crippen molar-refractivity contribution < 1.29 is 75.3 Å². The first-order valence-corrected chi connectivity index (χ1v) is 20.3. The average molecular weight is 790 g/mol. The summed E-state index contributed by atoms with van der Waals surface area (Å²) in [6.45, 7) is -0.532. The molecule has 1 aliphatic carbocycles. The highest BCUT2D eigenvalue weighted by molar-refractivity contribution is 7.66. The number of phosphoric ester groups is 1. The number of hydrogen-bond donors (Lipinski definition) is 7. The fraction of sp³-hybridized carbons (Fsp3) is 0.630. The lowest BCUT2D eigenvalue weighted by Crippen LogP contribution is -2.33. The van der Waals surface area contributed by atoms with Gasteiger partial charge in [0.15, 0.2) is 0 Å². The van der Waals surface area contributed by atoms with E-state index in [0.717, 1.165) is 42.9 Å². The van der Waals surface area contributed by atoms with Crippen LogP contribution in [0.25, 0.3) is 6.08 Å². The number of nitrogens with one attached hydrogen (secondary N) is 2. The van der Waals surface area contributed by atoms with Crippen LogP contribution in [0.1, 0.15) is 69.6 Å². The van der Waals surface area contributed by atoms with E-state index >= 15 is 0 Å². The van der Waals surface area contributed by atoms with Crippen LogP contribution in [-0.2, 0) is 50.6 Å². The summed E-state index contributed by atoms with van der Waals surface area (Å²) in [4.78, 5) is 87.1. The fourth-order valence-corrected chi connectivity index (χ4v) is 7.89. The molecule has 3 rings (SSSR count). The minimum Gasteiger partial charge on any atom is -0.462 e. The number of aromatic amines is 1. The first-order valence-electron chi connectivity index (χ1n) is 15.8. The van der Waals surface area contributed by atoms with Crippen molar-refractivity contribution in [3.8, 4) is 0 Å². The number of hydrogen-bond acceptors (Lipinski definition) is 14. The minimum absolute atomic E-state index is 0.0154. The van der Waals surface area contributed by atoms with Gasteiger partial charge in [-0.05, 0) is 38.5 Å². The first kappa shape index (κ1) is 42.8. The molecule has 0 radical (unpaired) electrons. The summed E-state index contributed by atoms with van der Waals surface area (Å²) in [6.07, 6.45) is 8.96. The highest BCUT2D eigenvalue weighted by Crippen LogP contribution is 2.66. The molecule has 1 fully saturated rings. The molecular weight excluding hydrogens is 747 g/mol. The Kier molecular flexibility index (Phi) is 16.8. The molecule has 51 heavy (non-hydrogen) atoms. The number of carbonyl (C=O) groups excluding carboxylic acids is 2. The van der Waals surface area contributed by atoms with E-state index in [1.54, 1.807) is 0 Å². The SMILES string of the molecule is O=C(CCOCCCC(=O)OC1CC/C=C/CCC1)NC/C=C/c1cn(C2CC(O)C(COP(=O)(O)OP(=O)(O)OP(=O)(O)O)O2)c(=O)[nH]c1=O. The van der Waals surface area contributed by atoms with Crippen molar-refractivity contribution in [1.29, 1.82) is 0 Å². The molecule has 7 N–H and O–H groups in total. The van der Waals surface area contributed by atoms with Crippen molar-refractivity contribution in [2.75, 3.05) is 26.4 Å². The molecule has 1 amide bonds. The minimum atomic E-state index is -5.76. The van der Waals surface area contributed by atoms with Gasteiger partial charge >= 0.3 is 35.1 Å². The van der Waals surface area contributed by atoms with E-state index in [1.807, 2.05) is 0 Å². The Labute approximate surface area is 291 Å². The van der Waals surface area contributed by atoms with Gasteiger partial charge in [-0.25, -0.2) is 18.5 Å². The summed E-state index contributed by atoms with van der Waals surface area (Å²) in [5, 5.41) is 12.9. The zero-order valence-corrected chi connectivity index (χ0v) is 29.9. The maximum atomic E-state index is 12.5. The van der Waals surface area contributed by atoms with E-state index in [9.17, 15) is 47.8 Å². The summed E-state index contributed by atoms with van der Waals surface area (Å²) in [5.74, 6) is -0.607. The number of ether oxygens (including phenoxy) is 3. The third-order valence-electron chi connectivity index (χ3n) is 7.20. The zero-order chi connectivity index (χ0) is 37.7. The fourth-order valence-electron chi connectivity index (χ4n) is 4.86. The monoisotopic (exact) mass is 789 g/mol. The molecule has 24 heteroatoms. The van der Waals surface area contributed by atoms with E-state index in [-0.39, 0.29) is 62.6 Å². The lowest BCUT2D eigenvalue weighted by molar-refractivity contribution is -0.150. The summed E-state index contributed by atoms with van der Waals surface area (Å²) >= 11 is 0. The topological polar surface area (TPSA) is 309 Å². The Morgan fingerprint density at radius 3 is 2.51 bits per heavy atom. The second-order valence-corrected chi connectivity index (χ2v) is 15.8. The van der Waals surface area contributed by atoms with Crippen molar-refractivity contribution in [1.82, 2.24) is 14.9 Å². The molecule has 6 atom stereocenters. The number of aromatic nitrogens is 2. The molecule has 0 aromatic carbocycles. The predicted octanol–water partition coefficient (Wildman–Crippen LogP) is 1.28. The van der Waals surface area contributed by atoms with E-state index in [1.165, 1.54) is 12.2 Å². The Morgan fingerprint density at radius 1 is 1.02 bits per heavy atom. The van der Waals surface area contributed by atoms with Gasteiger partial charge in [0.05, 0.1) is 24.9 Å². The van der Waals surface area contributed by atoms with Gasteiger partial charge < -0.3 is 44.2 Å². The third-order valence-corrected chi connectivity index (χ3v) is 11.0. The van der Waals surface area contributed by atoms with Gasteiger partial charge in [-0.15, -0.1) is 0 Å². The van der Waals surface area contributed by atoms with E-state index in [0.29, 0.717) is 6.42 Å². The van der Waals surface area contributed by atoms with Crippen LogP contribution in [0.3, 0.4) is 0 Å². The maximum Gasteiger partial charge on any atom is 0.490 e. The quantitative estimate of drug-likeness (QED) is 0.0449. The molecule has 2 heterocycles. The number of aliphatic hydroxyl groups is 1. The molecular formula is C27H42N3O18P3. The molecule has 21 nitrogen and oxygen atoms in total. The van der Waals surface area contributed by atoms with Crippen molar-refractivity contribution in [2.45, 2.75) is 82.3 Å². The molecule has 2 aliphatic rings. The Morgan fingerprint density at radius 2 is 1.76 bits per heavy atom. The van der Waals surface area contributed by atoms with Crippen LogP contribution in [-0.4, -0.2) is 90.8 Å². The summed E-state index contributed by atoms with van der Waals surface area (Å²) in [6, 6.07) is 0. The van der Waals surface area contributed by atoms with E-state index in [4.69, 9.17) is 24.0 Å². The molecule has 0 bridgehead atoms. The van der Waals surface area contributed by atoms with Gasteiger partial charge in [0.25, 0.3) is 5.56 Å². The third kappa shape index (κ3) is 16.3. The number of carbonyl (C=O) groups is 2. The van der Waals surface area contributed by atoms with Gasteiger partial charge in [-0.2, -0.15) is 8.62 Å². The summed E-state index contributed by atoms with van der Waals surface area (Å²) in [5.41, 5.74) is -1.74.